The van der Waals surface area contributed by atoms with E-state index < -0.39 is 124 Å². The summed E-state index contributed by atoms with van der Waals surface area (Å²) in [5, 5.41) is 91.6. The van der Waals surface area contributed by atoms with Gasteiger partial charge in [0.2, 0.25) is 0 Å². The van der Waals surface area contributed by atoms with Crippen molar-refractivity contribution in [3.63, 3.8) is 0 Å². The summed E-state index contributed by atoms with van der Waals surface area (Å²) < 4.78 is 38.6. The number of benzene rings is 1. The molecule has 1 aromatic carbocycles. The van der Waals surface area contributed by atoms with Gasteiger partial charge in [0.1, 0.15) is 61.0 Å². The summed E-state index contributed by atoms with van der Waals surface area (Å²) in [5.41, 5.74) is 0.0494. The molecule has 18 nitrogen and oxygen atoms in total. The number of ether oxygens (including phenoxy) is 7. The van der Waals surface area contributed by atoms with Crippen molar-refractivity contribution >= 4 is 11.9 Å². The molecular weight excluding hydrogens is 612 g/mol. The quantitative estimate of drug-likeness (QED) is 0.107. The number of hydrogen-bond acceptors (Lipinski definition) is 18. The van der Waals surface area contributed by atoms with Gasteiger partial charge in [-0.05, 0) is 12.1 Å². The Morgan fingerprint density at radius 3 is 1.78 bits per heavy atom. The molecule has 0 aliphatic carbocycles. The molecule has 18 heteroatoms. The molecule has 15 atom stereocenters. The molecule has 0 radical (unpaired) electrons. The van der Waals surface area contributed by atoms with Crippen LogP contribution < -0.4 is 0 Å². The van der Waals surface area contributed by atoms with Crippen molar-refractivity contribution in [2.75, 3.05) is 19.8 Å². The second kappa shape index (κ2) is 15.5. The van der Waals surface area contributed by atoms with Crippen molar-refractivity contribution in [2.45, 2.75) is 99.0 Å². The summed E-state index contributed by atoms with van der Waals surface area (Å²) in [7, 11) is 0. The minimum atomic E-state index is -2.03. The van der Waals surface area contributed by atoms with E-state index in [9.17, 15) is 55.5 Å². The van der Waals surface area contributed by atoms with Crippen LogP contribution >= 0.6 is 0 Å². The first-order chi connectivity index (χ1) is 21.4. The van der Waals surface area contributed by atoms with Crippen LogP contribution in [0.3, 0.4) is 0 Å². The molecule has 3 saturated heterocycles. The van der Waals surface area contributed by atoms with E-state index in [4.69, 9.17) is 33.2 Å². The number of aliphatic hydroxyl groups is 9. The molecule has 0 bridgehead atoms. The largest absolute Gasteiger partial charge is 0.457 e. The van der Waals surface area contributed by atoms with Crippen LogP contribution in [0.5, 0.6) is 0 Å². The fraction of sp³-hybridized carbons (Fsp3) is 0.704. The van der Waals surface area contributed by atoms with Crippen LogP contribution in [0.2, 0.25) is 0 Å². The lowest BCUT2D eigenvalue weighted by atomic mass is 9.96. The Kier molecular flexibility index (Phi) is 12.2. The molecule has 0 unspecified atom stereocenters. The molecule has 45 heavy (non-hydrogen) atoms. The maximum absolute atomic E-state index is 13.0. The van der Waals surface area contributed by atoms with Crippen molar-refractivity contribution in [3.05, 3.63) is 35.9 Å². The molecule has 0 amide bonds. The van der Waals surface area contributed by atoms with Crippen LogP contribution in [0.15, 0.2) is 30.3 Å². The monoisotopic (exact) mass is 650 g/mol. The van der Waals surface area contributed by atoms with Crippen molar-refractivity contribution < 1.29 is 88.7 Å². The molecule has 0 aromatic heterocycles. The Morgan fingerprint density at radius 1 is 0.667 bits per heavy atom. The third-order valence-corrected chi connectivity index (χ3v) is 7.58. The lowest BCUT2D eigenvalue weighted by molar-refractivity contribution is -0.361. The lowest BCUT2D eigenvalue weighted by Gasteiger charge is -2.47. The van der Waals surface area contributed by atoms with Gasteiger partial charge in [0.15, 0.2) is 31.1 Å². The molecule has 3 heterocycles. The molecule has 4 rings (SSSR count). The van der Waals surface area contributed by atoms with E-state index in [1.54, 1.807) is 18.2 Å². The van der Waals surface area contributed by atoms with Gasteiger partial charge in [0.05, 0.1) is 25.4 Å². The molecule has 1 aromatic rings. The highest BCUT2D eigenvalue weighted by Gasteiger charge is 2.54. The van der Waals surface area contributed by atoms with E-state index in [0.717, 1.165) is 6.92 Å². The summed E-state index contributed by atoms with van der Waals surface area (Å²) in [5.74, 6) is -1.89. The second-order valence-electron chi connectivity index (χ2n) is 10.7. The minimum Gasteiger partial charge on any atom is -0.457 e. The Bertz CT molecular complexity index is 1100. The molecule has 3 aliphatic heterocycles. The van der Waals surface area contributed by atoms with Crippen LogP contribution in [0.25, 0.3) is 0 Å². The van der Waals surface area contributed by atoms with Gasteiger partial charge in [-0.25, -0.2) is 4.79 Å². The van der Waals surface area contributed by atoms with Gasteiger partial charge in [0, 0.05) is 6.92 Å². The molecule has 254 valence electrons. The fourth-order valence-corrected chi connectivity index (χ4v) is 5.14. The number of esters is 2. The van der Waals surface area contributed by atoms with Crippen molar-refractivity contribution in [2.24, 2.45) is 0 Å². The van der Waals surface area contributed by atoms with Crippen molar-refractivity contribution in [1.82, 2.24) is 0 Å². The van der Waals surface area contributed by atoms with Gasteiger partial charge in [-0.15, -0.1) is 0 Å². The number of carbonyl (C=O) groups is 2. The lowest BCUT2D eigenvalue weighted by Crippen LogP contribution is -2.66. The zero-order valence-corrected chi connectivity index (χ0v) is 23.9. The Balaban J connectivity index is 1.63. The number of hydrogen-bond donors (Lipinski definition) is 9. The highest BCUT2D eigenvalue weighted by molar-refractivity contribution is 5.89. The predicted molar refractivity (Wildman–Crippen MR) is 140 cm³/mol. The SMILES string of the molecule is CC(=O)O[C@H]1[C@H](O[C@H]2O[C@H](CO)[C@@H](O)[C@H](O)[C@@H]2O)[C@H](OC(=O)c2ccccc2)[C@H](O)O[C@@H]1CO[C@H]1O[C@H](CO)[C@@H](O)[C@H](O)[C@@H]1O. The molecule has 0 saturated carbocycles. The first-order valence-electron chi connectivity index (χ1n) is 14.0. The Morgan fingerprint density at radius 2 is 1.22 bits per heavy atom. The molecule has 3 aliphatic rings. The number of rotatable bonds is 10. The van der Waals surface area contributed by atoms with E-state index in [2.05, 4.69) is 0 Å². The smallest absolute Gasteiger partial charge is 0.338 e. The first kappa shape index (κ1) is 35.5. The van der Waals surface area contributed by atoms with E-state index >= 15 is 0 Å². The third kappa shape index (κ3) is 7.95. The number of carbonyl (C=O) groups excluding carboxylic acids is 2. The minimum absolute atomic E-state index is 0.0494. The van der Waals surface area contributed by atoms with Gasteiger partial charge in [-0.3, -0.25) is 4.79 Å². The average molecular weight is 651 g/mol. The van der Waals surface area contributed by atoms with Crippen LogP contribution in [0, 0.1) is 0 Å². The Hall–Kier alpha value is -2.40. The summed E-state index contributed by atoms with van der Waals surface area (Å²) in [6.07, 6.45) is -25.8. The average Bonchev–Trinajstić information content (AvgIpc) is 3.02. The van der Waals surface area contributed by atoms with Gasteiger partial charge in [-0.1, -0.05) is 18.2 Å². The topological polar surface area (TPSA) is 281 Å². The highest BCUT2D eigenvalue weighted by Crippen LogP contribution is 2.33. The first-order valence-corrected chi connectivity index (χ1v) is 14.0. The standard InChI is InChI=1S/C27H38O18/c1-10(30)40-21-14(9-39-26-19(35)17(33)15(31)12(7-28)42-26)41-25(38)23(44-24(37)11-5-3-2-4-6-11)22(21)45-27-20(36)18(34)16(32)13(8-29)43-27/h2-6,12-23,25-29,31-36,38H,7-9H2,1H3/t12-,13-,14-,15-,16-,17+,18+,19+,20+,21-,22+,23+,25-,26+,27-/m1/s1. The predicted octanol–water partition coefficient (Wildman–Crippen LogP) is -5.14. The van der Waals surface area contributed by atoms with E-state index in [-0.39, 0.29) is 5.56 Å². The van der Waals surface area contributed by atoms with E-state index in [0.29, 0.717) is 0 Å². The molecule has 3 fully saturated rings. The molecule has 9 N–H and O–H groups in total. The van der Waals surface area contributed by atoms with Gasteiger partial charge >= 0.3 is 11.9 Å². The Labute approximate surface area is 255 Å². The normalized spacial score (nSPS) is 42.1. The fourth-order valence-electron chi connectivity index (χ4n) is 5.14. The van der Waals surface area contributed by atoms with Crippen LogP contribution in [-0.2, 0) is 38.0 Å². The van der Waals surface area contributed by atoms with Gasteiger partial charge in [-0.2, -0.15) is 0 Å². The molecular formula is C27H38O18. The van der Waals surface area contributed by atoms with Crippen LogP contribution in [-0.4, -0.2) is 170 Å². The zero-order valence-electron chi connectivity index (χ0n) is 23.9. The van der Waals surface area contributed by atoms with Gasteiger partial charge in [0.25, 0.3) is 0 Å². The number of aliphatic hydroxyl groups excluding tert-OH is 9. The second-order valence-corrected chi connectivity index (χ2v) is 10.7. The maximum Gasteiger partial charge on any atom is 0.338 e. The van der Waals surface area contributed by atoms with E-state index in [1.807, 2.05) is 0 Å². The van der Waals surface area contributed by atoms with Crippen LogP contribution in [0.4, 0.5) is 0 Å². The maximum atomic E-state index is 13.0. The zero-order chi connectivity index (χ0) is 33.0. The van der Waals surface area contributed by atoms with E-state index in [1.165, 1.54) is 12.1 Å². The molecule has 0 spiro atoms. The highest BCUT2D eigenvalue weighted by atomic mass is 16.7. The summed E-state index contributed by atoms with van der Waals surface area (Å²) >= 11 is 0. The third-order valence-electron chi connectivity index (χ3n) is 7.58. The van der Waals surface area contributed by atoms with Crippen molar-refractivity contribution in [3.8, 4) is 0 Å². The summed E-state index contributed by atoms with van der Waals surface area (Å²) in [6, 6.07) is 7.54. The summed E-state index contributed by atoms with van der Waals surface area (Å²) in [6.45, 7) is -1.22. The summed E-state index contributed by atoms with van der Waals surface area (Å²) in [4.78, 5) is 25.2. The van der Waals surface area contributed by atoms with Gasteiger partial charge < -0.3 is 79.1 Å². The van der Waals surface area contributed by atoms with Crippen LogP contribution in [0.1, 0.15) is 17.3 Å². The van der Waals surface area contributed by atoms with Crippen molar-refractivity contribution in [1.29, 1.82) is 0 Å².